The Morgan fingerprint density at radius 3 is 2.79 bits per heavy atom. The minimum atomic E-state index is -0.0561. The number of hydrogen-bond donors (Lipinski definition) is 2. The third-order valence-electron chi connectivity index (χ3n) is 5.22. The van der Waals surface area contributed by atoms with Crippen LogP contribution in [0, 0.1) is 5.92 Å². The Balaban J connectivity index is 1.24. The number of nitrogens with zero attached hydrogens (tertiary/aromatic N) is 2. The number of carbonyl (C=O) groups excluding carboxylic acids is 1. The molecule has 2 heterocycles. The standard InChI is InChI=1S/C22H20N4OS/c1-13(19-12-23-22(28-19)14-7-3-2-4-8-14)24-21(27)16-11-15(16)20-25-17-9-5-6-10-18(17)26-20/h2-10,12-13,15-16H,11H2,1H3,(H,24,27)(H,25,26)/t13?,15-,16-/m0/s1. The fraction of sp³-hybridized carbons (Fsp3) is 0.227. The number of amides is 1. The number of fused-ring (bicyclic) bond motifs is 1. The molecule has 0 radical (unpaired) electrons. The lowest BCUT2D eigenvalue weighted by atomic mass is 10.2. The fourth-order valence-corrected chi connectivity index (χ4v) is 4.45. The Hall–Kier alpha value is -2.99. The highest BCUT2D eigenvalue weighted by Gasteiger charge is 2.46. The van der Waals surface area contributed by atoms with E-state index in [1.165, 1.54) is 0 Å². The van der Waals surface area contributed by atoms with Gasteiger partial charge in [-0.1, -0.05) is 42.5 Å². The molecule has 0 spiro atoms. The number of thiazole rings is 1. The molecule has 4 aromatic rings. The second-order valence-electron chi connectivity index (χ2n) is 7.25. The van der Waals surface area contributed by atoms with Gasteiger partial charge in [0.05, 0.1) is 17.1 Å². The molecule has 28 heavy (non-hydrogen) atoms. The van der Waals surface area contributed by atoms with E-state index < -0.39 is 0 Å². The molecule has 3 atom stereocenters. The molecular formula is C22H20N4OS. The topological polar surface area (TPSA) is 70.7 Å². The summed E-state index contributed by atoms with van der Waals surface area (Å²) < 4.78 is 0. The van der Waals surface area contributed by atoms with Crippen LogP contribution in [0.25, 0.3) is 21.6 Å². The van der Waals surface area contributed by atoms with Crippen molar-refractivity contribution in [1.29, 1.82) is 0 Å². The average molecular weight is 388 g/mol. The number of nitrogens with one attached hydrogen (secondary N) is 2. The van der Waals surface area contributed by atoms with Crippen molar-refractivity contribution in [2.24, 2.45) is 5.92 Å². The molecule has 140 valence electrons. The zero-order valence-corrected chi connectivity index (χ0v) is 16.2. The van der Waals surface area contributed by atoms with Crippen LogP contribution < -0.4 is 5.32 Å². The molecule has 1 amide bonds. The Bertz CT molecular complexity index is 1100. The summed E-state index contributed by atoms with van der Waals surface area (Å²) in [5.74, 6) is 1.18. The van der Waals surface area contributed by atoms with Crippen molar-refractivity contribution in [3.63, 3.8) is 0 Å². The molecule has 0 aliphatic heterocycles. The highest BCUT2D eigenvalue weighted by molar-refractivity contribution is 7.15. The van der Waals surface area contributed by atoms with E-state index in [9.17, 15) is 4.79 Å². The van der Waals surface area contributed by atoms with Gasteiger partial charge < -0.3 is 10.3 Å². The van der Waals surface area contributed by atoms with Crippen molar-refractivity contribution >= 4 is 28.3 Å². The first-order valence-electron chi connectivity index (χ1n) is 9.45. The lowest BCUT2D eigenvalue weighted by Gasteiger charge is -2.11. The summed E-state index contributed by atoms with van der Waals surface area (Å²) >= 11 is 1.62. The molecular weight excluding hydrogens is 368 g/mol. The maximum Gasteiger partial charge on any atom is 0.224 e. The molecule has 5 rings (SSSR count). The Labute approximate surface area is 166 Å². The van der Waals surface area contributed by atoms with Gasteiger partial charge in [-0.05, 0) is 25.5 Å². The lowest BCUT2D eigenvalue weighted by Crippen LogP contribution is -2.28. The van der Waals surface area contributed by atoms with E-state index in [-0.39, 0.29) is 23.8 Å². The summed E-state index contributed by atoms with van der Waals surface area (Å²) in [7, 11) is 0. The Kier molecular flexibility index (Phi) is 4.20. The summed E-state index contributed by atoms with van der Waals surface area (Å²) in [6.07, 6.45) is 2.71. The third-order valence-corrected chi connectivity index (χ3v) is 6.45. The van der Waals surface area contributed by atoms with E-state index in [1.807, 2.05) is 67.7 Å². The van der Waals surface area contributed by atoms with Crippen molar-refractivity contribution in [2.45, 2.75) is 25.3 Å². The molecule has 1 unspecified atom stereocenters. The van der Waals surface area contributed by atoms with Crippen molar-refractivity contribution < 1.29 is 4.79 Å². The van der Waals surface area contributed by atoms with Gasteiger partial charge in [0.25, 0.3) is 0 Å². The maximum atomic E-state index is 12.7. The predicted octanol–water partition coefficient (Wildman–Crippen LogP) is 4.67. The van der Waals surface area contributed by atoms with Gasteiger partial charge in [0, 0.05) is 28.5 Å². The zero-order valence-electron chi connectivity index (χ0n) is 15.4. The molecule has 0 saturated heterocycles. The van der Waals surface area contributed by atoms with E-state index in [0.29, 0.717) is 0 Å². The number of carbonyl (C=O) groups is 1. The first-order chi connectivity index (χ1) is 13.7. The van der Waals surface area contributed by atoms with Gasteiger partial charge in [-0.15, -0.1) is 11.3 Å². The smallest absolute Gasteiger partial charge is 0.224 e. The predicted molar refractivity (Wildman–Crippen MR) is 111 cm³/mol. The third kappa shape index (κ3) is 3.20. The normalized spacial score (nSPS) is 19.5. The highest BCUT2D eigenvalue weighted by atomic mass is 32.1. The summed E-state index contributed by atoms with van der Waals surface area (Å²) in [5, 5.41) is 4.12. The van der Waals surface area contributed by atoms with Crippen LogP contribution >= 0.6 is 11.3 Å². The van der Waals surface area contributed by atoms with Crippen LogP contribution in [0.1, 0.15) is 36.0 Å². The minimum Gasteiger partial charge on any atom is -0.348 e. The minimum absolute atomic E-state index is 0.00970. The molecule has 1 aliphatic rings. The van der Waals surface area contributed by atoms with Gasteiger partial charge in [0.1, 0.15) is 10.8 Å². The number of rotatable bonds is 5. The van der Waals surface area contributed by atoms with Crippen molar-refractivity contribution in [1.82, 2.24) is 20.3 Å². The van der Waals surface area contributed by atoms with Crippen LogP contribution in [0.3, 0.4) is 0 Å². The number of imidazole rings is 1. The highest BCUT2D eigenvalue weighted by Crippen LogP contribution is 2.47. The lowest BCUT2D eigenvalue weighted by molar-refractivity contribution is -0.123. The average Bonchev–Trinajstić information content (AvgIpc) is 3.17. The van der Waals surface area contributed by atoms with Crippen LogP contribution in [0.5, 0.6) is 0 Å². The molecule has 6 heteroatoms. The van der Waals surface area contributed by atoms with Gasteiger partial charge in [0.15, 0.2) is 0 Å². The van der Waals surface area contributed by atoms with Crippen LogP contribution in [-0.2, 0) is 4.79 Å². The van der Waals surface area contributed by atoms with E-state index in [4.69, 9.17) is 0 Å². The van der Waals surface area contributed by atoms with Gasteiger partial charge >= 0.3 is 0 Å². The second kappa shape index (κ2) is 6.87. The van der Waals surface area contributed by atoms with Crippen molar-refractivity contribution in [2.75, 3.05) is 0 Å². The van der Waals surface area contributed by atoms with Gasteiger partial charge in [0.2, 0.25) is 5.91 Å². The molecule has 5 nitrogen and oxygen atoms in total. The van der Waals surface area contributed by atoms with Crippen molar-refractivity contribution in [3.05, 3.63) is 71.5 Å². The molecule has 2 aromatic carbocycles. The first-order valence-corrected chi connectivity index (χ1v) is 10.3. The van der Waals surface area contributed by atoms with Gasteiger partial charge in [-0.3, -0.25) is 4.79 Å². The molecule has 1 aliphatic carbocycles. The van der Waals surface area contributed by atoms with Gasteiger partial charge in [-0.2, -0.15) is 0 Å². The van der Waals surface area contributed by atoms with Gasteiger partial charge in [-0.25, -0.2) is 9.97 Å². The second-order valence-corrected chi connectivity index (χ2v) is 8.31. The number of H-pyrrole nitrogens is 1. The van der Waals surface area contributed by atoms with E-state index in [2.05, 4.69) is 20.3 Å². The quantitative estimate of drug-likeness (QED) is 0.522. The first kappa shape index (κ1) is 17.1. The summed E-state index contributed by atoms with van der Waals surface area (Å²) in [4.78, 5) is 26.3. The SMILES string of the molecule is CC(NC(=O)[C@H]1C[C@@H]1c1nc2ccccc2[nH]1)c1cnc(-c2ccccc2)s1. The summed E-state index contributed by atoms with van der Waals surface area (Å²) in [6, 6.07) is 18.0. The van der Waals surface area contributed by atoms with Crippen LogP contribution in [0.4, 0.5) is 0 Å². The molecule has 1 fully saturated rings. The fourth-order valence-electron chi connectivity index (χ4n) is 3.53. The Morgan fingerprint density at radius 2 is 1.96 bits per heavy atom. The maximum absolute atomic E-state index is 12.7. The number of hydrogen-bond acceptors (Lipinski definition) is 4. The van der Waals surface area contributed by atoms with Crippen LogP contribution in [0.2, 0.25) is 0 Å². The number of benzene rings is 2. The van der Waals surface area contributed by atoms with Crippen LogP contribution in [-0.4, -0.2) is 20.9 Å². The monoisotopic (exact) mass is 388 g/mol. The largest absolute Gasteiger partial charge is 0.348 e. The molecule has 1 saturated carbocycles. The molecule has 0 bridgehead atoms. The van der Waals surface area contributed by atoms with E-state index in [0.717, 1.165) is 38.7 Å². The number of para-hydroxylation sites is 2. The van der Waals surface area contributed by atoms with Crippen LogP contribution in [0.15, 0.2) is 60.8 Å². The van der Waals surface area contributed by atoms with E-state index >= 15 is 0 Å². The summed E-state index contributed by atoms with van der Waals surface area (Å²) in [5.41, 5.74) is 3.08. The molecule has 2 N–H and O–H groups in total. The Morgan fingerprint density at radius 1 is 1.18 bits per heavy atom. The zero-order chi connectivity index (χ0) is 19.1. The van der Waals surface area contributed by atoms with E-state index in [1.54, 1.807) is 11.3 Å². The number of aromatic nitrogens is 3. The summed E-state index contributed by atoms with van der Waals surface area (Å²) in [6.45, 7) is 2.01. The number of aromatic amines is 1. The van der Waals surface area contributed by atoms with Crippen molar-refractivity contribution in [3.8, 4) is 10.6 Å². The molecule has 2 aromatic heterocycles.